The first-order valence-electron chi connectivity index (χ1n) is 10.2. The van der Waals surface area contributed by atoms with E-state index in [1.807, 2.05) is 4.90 Å². The number of nitrogens with zero attached hydrogens (tertiary/aromatic N) is 2. The lowest BCUT2D eigenvalue weighted by atomic mass is 9.88. The first kappa shape index (κ1) is 21.5. The molecule has 0 aromatic carbocycles. The van der Waals surface area contributed by atoms with Crippen LogP contribution < -0.4 is 10.6 Å². The van der Waals surface area contributed by atoms with Crippen molar-refractivity contribution >= 4 is 24.2 Å². The van der Waals surface area contributed by atoms with Gasteiger partial charge in [-0.2, -0.15) is 0 Å². The molecule has 1 saturated carbocycles. The van der Waals surface area contributed by atoms with Crippen LogP contribution in [0.4, 0.5) is 0 Å². The SMILES string of the molecule is Cl.O=C(NC1CCN(CCC(=O)N2CCNCC2)CC1)C1CCCCC1. The lowest BCUT2D eigenvalue weighted by molar-refractivity contribution is -0.132. The van der Waals surface area contributed by atoms with Crippen LogP contribution in [0.15, 0.2) is 0 Å². The van der Waals surface area contributed by atoms with Gasteiger partial charge in [0.05, 0.1) is 0 Å². The molecule has 7 heteroatoms. The second-order valence-electron chi connectivity index (χ2n) is 7.84. The molecule has 0 aromatic heterocycles. The van der Waals surface area contributed by atoms with E-state index in [1.54, 1.807) is 0 Å². The summed E-state index contributed by atoms with van der Waals surface area (Å²) in [4.78, 5) is 29.0. The molecule has 150 valence electrons. The predicted octanol–water partition coefficient (Wildman–Crippen LogP) is 1.39. The Morgan fingerprint density at radius 2 is 1.58 bits per heavy atom. The van der Waals surface area contributed by atoms with Crippen LogP contribution in [0.1, 0.15) is 51.4 Å². The van der Waals surface area contributed by atoms with Gasteiger partial charge in [0.2, 0.25) is 11.8 Å². The number of carbonyl (C=O) groups excluding carboxylic acids is 2. The highest BCUT2D eigenvalue weighted by Gasteiger charge is 2.26. The zero-order valence-corrected chi connectivity index (χ0v) is 16.7. The fourth-order valence-electron chi connectivity index (χ4n) is 4.31. The Hall–Kier alpha value is -0.850. The molecule has 2 N–H and O–H groups in total. The summed E-state index contributed by atoms with van der Waals surface area (Å²) in [6, 6.07) is 0.328. The fourth-order valence-corrected chi connectivity index (χ4v) is 4.31. The molecule has 0 unspecified atom stereocenters. The second-order valence-corrected chi connectivity index (χ2v) is 7.84. The van der Waals surface area contributed by atoms with Crippen molar-refractivity contribution < 1.29 is 9.59 Å². The average Bonchev–Trinajstić information content (AvgIpc) is 2.68. The molecular weight excluding hydrogens is 352 g/mol. The third-order valence-electron chi connectivity index (χ3n) is 6.02. The summed E-state index contributed by atoms with van der Waals surface area (Å²) in [7, 11) is 0. The minimum absolute atomic E-state index is 0. The quantitative estimate of drug-likeness (QED) is 0.749. The molecule has 2 aliphatic heterocycles. The van der Waals surface area contributed by atoms with Gasteiger partial charge in [0.25, 0.3) is 0 Å². The predicted molar refractivity (Wildman–Crippen MR) is 105 cm³/mol. The van der Waals surface area contributed by atoms with Crippen molar-refractivity contribution in [3.8, 4) is 0 Å². The standard InChI is InChI=1S/C19H34N4O2.ClH/c24-18(23-14-9-20-10-15-23)8-13-22-11-6-17(7-12-22)21-19(25)16-4-2-1-3-5-16;/h16-17,20H,1-15H2,(H,21,25);1H. The molecule has 0 bridgehead atoms. The fraction of sp³-hybridized carbons (Fsp3) is 0.895. The number of halogens is 1. The van der Waals surface area contributed by atoms with Crippen LogP contribution in [0.2, 0.25) is 0 Å². The van der Waals surface area contributed by atoms with Gasteiger partial charge in [-0.05, 0) is 25.7 Å². The Kier molecular flexibility index (Phi) is 9.16. The van der Waals surface area contributed by atoms with E-state index in [4.69, 9.17) is 0 Å². The first-order valence-corrected chi connectivity index (χ1v) is 10.2. The number of hydrogen-bond donors (Lipinski definition) is 2. The summed E-state index contributed by atoms with van der Waals surface area (Å²) in [5, 5.41) is 6.56. The van der Waals surface area contributed by atoms with Crippen LogP contribution in [0.25, 0.3) is 0 Å². The molecule has 0 atom stereocenters. The first-order chi connectivity index (χ1) is 12.2. The Labute approximate surface area is 163 Å². The van der Waals surface area contributed by atoms with Crippen LogP contribution in [-0.4, -0.2) is 73.5 Å². The van der Waals surface area contributed by atoms with Crippen molar-refractivity contribution in [3.63, 3.8) is 0 Å². The molecule has 0 aromatic rings. The molecule has 0 spiro atoms. The number of likely N-dealkylation sites (tertiary alicyclic amines) is 1. The molecule has 26 heavy (non-hydrogen) atoms. The van der Waals surface area contributed by atoms with Gasteiger partial charge in [-0.15, -0.1) is 12.4 Å². The maximum Gasteiger partial charge on any atom is 0.223 e. The Balaban J connectivity index is 0.00000243. The maximum absolute atomic E-state index is 12.4. The largest absolute Gasteiger partial charge is 0.353 e. The monoisotopic (exact) mass is 386 g/mol. The van der Waals surface area contributed by atoms with Crippen LogP contribution in [0, 0.1) is 5.92 Å². The summed E-state index contributed by atoms with van der Waals surface area (Å²) in [6.45, 7) is 6.35. The molecule has 1 aliphatic carbocycles. The van der Waals surface area contributed by atoms with Gasteiger partial charge in [-0.1, -0.05) is 19.3 Å². The number of amides is 2. The third kappa shape index (κ3) is 6.39. The molecule has 2 heterocycles. The van der Waals surface area contributed by atoms with Crippen LogP contribution in [0.3, 0.4) is 0 Å². The van der Waals surface area contributed by atoms with Gasteiger partial charge in [0, 0.05) is 64.2 Å². The van der Waals surface area contributed by atoms with E-state index in [9.17, 15) is 9.59 Å². The lowest BCUT2D eigenvalue weighted by Gasteiger charge is -2.34. The summed E-state index contributed by atoms with van der Waals surface area (Å²) in [5.41, 5.74) is 0. The molecule has 6 nitrogen and oxygen atoms in total. The van der Waals surface area contributed by atoms with Gasteiger partial charge in [-0.3, -0.25) is 9.59 Å². The van der Waals surface area contributed by atoms with Crippen LogP contribution >= 0.6 is 12.4 Å². The zero-order chi connectivity index (χ0) is 17.5. The summed E-state index contributed by atoms with van der Waals surface area (Å²) in [6.07, 6.45) is 8.49. The summed E-state index contributed by atoms with van der Waals surface area (Å²) in [5.74, 6) is 0.824. The number of nitrogens with one attached hydrogen (secondary N) is 2. The van der Waals surface area contributed by atoms with Gasteiger partial charge in [0.1, 0.15) is 0 Å². The minimum atomic E-state index is 0. The minimum Gasteiger partial charge on any atom is -0.353 e. The van der Waals surface area contributed by atoms with E-state index >= 15 is 0 Å². The van der Waals surface area contributed by atoms with Gasteiger partial charge in [-0.25, -0.2) is 0 Å². The van der Waals surface area contributed by atoms with Crippen molar-refractivity contribution in [1.82, 2.24) is 20.4 Å². The van der Waals surface area contributed by atoms with Crippen molar-refractivity contribution in [1.29, 1.82) is 0 Å². The number of piperazine rings is 1. The maximum atomic E-state index is 12.4. The lowest BCUT2D eigenvalue weighted by Crippen LogP contribution is -2.48. The average molecular weight is 387 g/mol. The highest BCUT2D eigenvalue weighted by molar-refractivity contribution is 5.85. The van der Waals surface area contributed by atoms with E-state index in [2.05, 4.69) is 15.5 Å². The molecule has 2 amide bonds. The Morgan fingerprint density at radius 1 is 0.923 bits per heavy atom. The van der Waals surface area contributed by atoms with E-state index in [0.717, 1.165) is 71.5 Å². The van der Waals surface area contributed by atoms with E-state index < -0.39 is 0 Å². The van der Waals surface area contributed by atoms with Crippen LogP contribution in [0.5, 0.6) is 0 Å². The smallest absolute Gasteiger partial charge is 0.223 e. The van der Waals surface area contributed by atoms with Gasteiger partial charge >= 0.3 is 0 Å². The van der Waals surface area contributed by atoms with Gasteiger partial charge < -0.3 is 20.4 Å². The molecule has 3 rings (SSSR count). The molecule has 0 radical (unpaired) electrons. The van der Waals surface area contributed by atoms with Crippen molar-refractivity contribution in [2.24, 2.45) is 5.92 Å². The Bertz CT molecular complexity index is 443. The van der Waals surface area contributed by atoms with E-state index in [1.165, 1.54) is 19.3 Å². The zero-order valence-electron chi connectivity index (χ0n) is 15.9. The van der Waals surface area contributed by atoms with Gasteiger partial charge in [0.15, 0.2) is 0 Å². The number of carbonyl (C=O) groups is 2. The summed E-state index contributed by atoms with van der Waals surface area (Å²) < 4.78 is 0. The van der Waals surface area contributed by atoms with Crippen LogP contribution in [-0.2, 0) is 9.59 Å². The highest BCUT2D eigenvalue weighted by Crippen LogP contribution is 2.24. The van der Waals surface area contributed by atoms with Crippen molar-refractivity contribution in [3.05, 3.63) is 0 Å². The topological polar surface area (TPSA) is 64.7 Å². The Morgan fingerprint density at radius 3 is 2.23 bits per heavy atom. The number of piperidine rings is 1. The molecule has 3 fully saturated rings. The number of hydrogen-bond acceptors (Lipinski definition) is 4. The summed E-state index contributed by atoms with van der Waals surface area (Å²) >= 11 is 0. The third-order valence-corrected chi connectivity index (χ3v) is 6.02. The van der Waals surface area contributed by atoms with E-state index in [0.29, 0.717) is 12.5 Å². The highest BCUT2D eigenvalue weighted by atomic mass is 35.5. The number of rotatable bonds is 5. The normalized spacial score (nSPS) is 23.3. The molecule has 2 saturated heterocycles. The second kappa shape index (κ2) is 11.1. The van der Waals surface area contributed by atoms with Crippen molar-refractivity contribution in [2.45, 2.75) is 57.4 Å². The van der Waals surface area contributed by atoms with E-state index in [-0.39, 0.29) is 30.1 Å². The molecule has 3 aliphatic rings. The molecular formula is C19H35ClN4O2. The van der Waals surface area contributed by atoms with Crippen molar-refractivity contribution in [2.75, 3.05) is 45.8 Å².